The molecule has 6 heteroatoms. The molecule has 1 aromatic heterocycles. The van der Waals surface area contributed by atoms with Gasteiger partial charge in [-0.2, -0.15) is 0 Å². The van der Waals surface area contributed by atoms with E-state index in [1.54, 1.807) is 19.2 Å². The zero-order chi connectivity index (χ0) is 10.8. The molecule has 1 aromatic rings. The van der Waals surface area contributed by atoms with Gasteiger partial charge in [-0.25, -0.2) is 14.8 Å². The molecule has 0 spiro atoms. The highest BCUT2D eigenvalue weighted by molar-refractivity contribution is 6.01. The van der Waals surface area contributed by atoms with Crippen LogP contribution in [0.5, 0.6) is 0 Å². The second kappa shape index (κ2) is 3.64. The molecule has 0 radical (unpaired) electrons. The third-order valence-electron chi connectivity index (χ3n) is 2.02. The van der Waals surface area contributed by atoms with Gasteiger partial charge in [-0.1, -0.05) is 5.16 Å². The van der Waals surface area contributed by atoms with E-state index in [-0.39, 0.29) is 6.42 Å². The van der Waals surface area contributed by atoms with Gasteiger partial charge in [-0.3, -0.25) is 0 Å². The summed E-state index contributed by atoms with van der Waals surface area (Å²) >= 11 is 0. The van der Waals surface area contributed by atoms with Gasteiger partial charge in [0.05, 0.1) is 5.69 Å². The Bertz CT molecular complexity index is 430. The molecule has 0 aliphatic carbocycles. The summed E-state index contributed by atoms with van der Waals surface area (Å²) < 4.78 is 0. The number of carbonyl (C=O) groups is 1. The summed E-state index contributed by atoms with van der Waals surface area (Å²) in [4.78, 5) is 23.4. The molecule has 1 atom stereocenters. The Labute approximate surface area is 85.6 Å². The molecule has 15 heavy (non-hydrogen) atoms. The quantitative estimate of drug-likeness (QED) is 0.756. The zero-order valence-corrected chi connectivity index (χ0v) is 8.04. The molecule has 1 unspecified atom stereocenters. The van der Waals surface area contributed by atoms with Gasteiger partial charge in [0.1, 0.15) is 11.5 Å². The predicted octanol–water partition coefficient (Wildman–Crippen LogP) is 0.363. The van der Waals surface area contributed by atoms with Crippen molar-refractivity contribution in [1.29, 1.82) is 0 Å². The van der Waals surface area contributed by atoms with Crippen LogP contribution in [0.1, 0.15) is 17.9 Å². The summed E-state index contributed by atoms with van der Waals surface area (Å²) in [6, 6.07) is 1.68. The summed E-state index contributed by atoms with van der Waals surface area (Å²) in [6.45, 7) is 1.76. The second-order valence-electron chi connectivity index (χ2n) is 3.16. The van der Waals surface area contributed by atoms with Crippen LogP contribution >= 0.6 is 0 Å². The first-order valence-electron chi connectivity index (χ1n) is 4.42. The number of nitrogens with zero attached hydrogens (tertiary/aromatic N) is 3. The first-order chi connectivity index (χ1) is 7.16. The maximum absolute atomic E-state index is 10.6. The molecule has 2 rings (SSSR count). The van der Waals surface area contributed by atoms with Gasteiger partial charge in [-0.05, 0) is 13.0 Å². The van der Waals surface area contributed by atoms with Gasteiger partial charge in [0.25, 0.3) is 0 Å². The molecule has 0 fully saturated rings. The zero-order valence-electron chi connectivity index (χ0n) is 8.04. The lowest BCUT2D eigenvalue weighted by Crippen LogP contribution is -2.20. The van der Waals surface area contributed by atoms with Gasteiger partial charge in [0.15, 0.2) is 0 Å². The minimum atomic E-state index is -1.01. The molecule has 78 valence electrons. The van der Waals surface area contributed by atoms with Crippen LogP contribution in [-0.4, -0.2) is 32.9 Å². The van der Waals surface area contributed by atoms with Crippen LogP contribution in [0.15, 0.2) is 17.4 Å². The third kappa shape index (κ3) is 1.93. The number of carboxylic acids is 1. The van der Waals surface area contributed by atoms with E-state index >= 15 is 0 Å². The highest BCUT2D eigenvalue weighted by Gasteiger charge is 2.28. The van der Waals surface area contributed by atoms with Crippen molar-refractivity contribution in [2.45, 2.75) is 19.4 Å². The van der Waals surface area contributed by atoms with E-state index in [2.05, 4.69) is 15.1 Å². The minimum absolute atomic E-state index is 0.242. The average molecular weight is 207 g/mol. The van der Waals surface area contributed by atoms with Crippen molar-refractivity contribution < 1.29 is 14.7 Å². The van der Waals surface area contributed by atoms with Gasteiger partial charge in [-0.15, -0.1) is 0 Å². The lowest BCUT2D eigenvalue weighted by Gasteiger charge is -2.00. The predicted molar refractivity (Wildman–Crippen MR) is 50.4 cm³/mol. The maximum atomic E-state index is 10.6. The van der Waals surface area contributed by atoms with Crippen LogP contribution in [0.2, 0.25) is 0 Å². The fourth-order valence-electron chi connectivity index (χ4n) is 1.28. The molecule has 0 saturated heterocycles. The van der Waals surface area contributed by atoms with Gasteiger partial charge >= 0.3 is 5.97 Å². The number of aryl methyl sites for hydroxylation is 1. The SMILES string of the molecule is Cc1nccc(C2=NOC(C(=O)O)C2)n1. The first kappa shape index (κ1) is 9.57. The number of carboxylic acid groups (broad SMARTS) is 1. The number of oxime groups is 1. The maximum Gasteiger partial charge on any atom is 0.348 e. The number of aromatic nitrogens is 2. The number of rotatable bonds is 2. The molecule has 0 saturated carbocycles. The normalized spacial score (nSPS) is 19.5. The molecule has 6 nitrogen and oxygen atoms in total. The Hall–Kier alpha value is -1.98. The summed E-state index contributed by atoms with van der Waals surface area (Å²) in [5, 5.41) is 12.4. The summed E-state index contributed by atoms with van der Waals surface area (Å²) in [5.74, 6) is -0.395. The highest BCUT2D eigenvalue weighted by atomic mass is 16.7. The van der Waals surface area contributed by atoms with Crippen molar-refractivity contribution in [2.75, 3.05) is 0 Å². The van der Waals surface area contributed by atoms with Crippen LogP contribution in [0, 0.1) is 6.92 Å². The molecule has 1 N–H and O–H groups in total. The average Bonchev–Trinajstić information content (AvgIpc) is 2.66. The molecule has 0 amide bonds. The molecular weight excluding hydrogens is 198 g/mol. The van der Waals surface area contributed by atoms with E-state index in [1.807, 2.05) is 0 Å². The summed E-state index contributed by atoms with van der Waals surface area (Å²) in [5.41, 5.74) is 1.17. The van der Waals surface area contributed by atoms with Crippen molar-refractivity contribution in [3.63, 3.8) is 0 Å². The number of hydrogen-bond donors (Lipinski definition) is 1. The van der Waals surface area contributed by atoms with E-state index < -0.39 is 12.1 Å². The Morgan fingerprint density at radius 3 is 3.07 bits per heavy atom. The lowest BCUT2D eigenvalue weighted by atomic mass is 10.1. The first-order valence-corrected chi connectivity index (χ1v) is 4.42. The van der Waals surface area contributed by atoms with Crippen LogP contribution in [0.25, 0.3) is 0 Å². The topological polar surface area (TPSA) is 84.7 Å². The van der Waals surface area contributed by atoms with E-state index in [0.29, 0.717) is 17.2 Å². The highest BCUT2D eigenvalue weighted by Crippen LogP contribution is 2.15. The van der Waals surface area contributed by atoms with Crippen molar-refractivity contribution in [1.82, 2.24) is 9.97 Å². The van der Waals surface area contributed by atoms with E-state index in [0.717, 1.165) is 0 Å². The van der Waals surface area contributed by atoms with Crippen LogP contribution in [0.3, 0.4) is 0 Å². The Morgan fingerprint density at radius 1 is 1.67 bits per heavy atom. The molecule has 2 heterocycles. The molecular formula is C9H9N3O3. The molecule has 0 aromatic carbocycles. The van der Waals surface area contributed by atoms with E-state index in [4.69, 9.17) is 9.94 Å². The minimum Gasteiger partial charge on any atom is -0.478 e. The lowest BCUT2D eigenvalue weighted by molar-refractivity contribution is -0.148. The third-order valence-corrected chi connectivity index (χ3v) is 2.02. The van der Waals surface area contributed by atoms with E-state index in [9.17, 15) is 4.79 Å². The smallest absolute Gasteiger partial charge is 0.348 e. The van der Waals surface area contributed by atoms with Crippen LogP contribution in [0.4, 0.5) is 0 Å². The Balaban J connectivity index is 2.17. The van der Waals surface area contributed by atoms with Crippen molar-refractivity contribution in [2.24, 2.45) is 5.16 Å². The molecule has 0 bridgehead atoms. The fraction of sp³-hybridized carbons (Fsp3) is 0.333. The van der Waals surface area contributed by atoms with Gasteiger partial charge in [0, 0.05) is 12.6 Å². The number of hydrogen-bond acceptors (Lipinski definition) is 5. The van der Waals surface area contributed by atoms with Crippen molar-refractivity contribution >= 4 is 11.7 Å². The van der Waals surface area contributed by atoms with Crippen LogP contribution < -0.4 is 0 Å². The molecule has 1 aliphatic heterocycles. The monoisotopic (exact) mass is 207 g/mol. The Kier molecular flexibility index (Phi) is 2.32. The van der Waals surface area contributed by atoms with Crippen LogP contribution in [-0.2, 0) is 9.63 Å². The summed E-state index contributed by atoms with van der Waals surface area (Å²) in [7, 11) is 0. The fourth-order valence-corrected chi connectivity index (χ4v) is 1.28. The second-order valence-corrected chi connectivity index (χ2v) is 3.16. The summed E-state index contributed by atoms with van der Waals surface area (Å²) in [6.07, 6.45) is 0.954. The number of aliphatic carboxylic acids is 1. The Morgan fingerprint density at radius 2 is 2.47 bits per heavy atom. The van der Waals surface area contributed by atoms with Crippen molar-refractivity contribution in [3.05, 3.63) is 23.8 Å². The van der Waals surface area contributed by atoms with Gasteiger partial charge in [0.2, 0.25) is 6.10 Å². The van der Waals surface area contributed by atoms with Gasteiger partial charge < -0.3 is 9.94 Å². The molecule has 1 aliphatic rings. The largest absolute Gasteiger partial charge is 0.478 e. The standard InChI is InChI=1S/C9H9N3O3/c1-5-10-3-2-6(11-5)7-4-8(9(13)14)15-12-7/h2-3,8H,4H2,1H3,(H,13,14). The van der Waals surface area contributed by atoms with Crippen molar-refractivity contribution in [3.8, 4) is 0 Å². The van der Waals surface area contributed by atoms with E-state index in [1.165, 1.54) is 0 Å².